The van der Waals surface area contributed by atoms with Gasteiger partial charge in [-0.25, -0.2) is 0 Å². The van der Waals surface area contributed by atoms with E-state index in [-0.39, 0.29) is 6.04 Å². The molecule has 0 heterocycles. The third-order valence-electron chi connectivity index (χ3n) is 3.06. The Morgan fingerprint density at radius 2 is 1.89 bits per heavy atom. The topological polar surface area (TPSA) is 44.5 Å². The van der Waals surface area contributed by atoms with Crippen LogP contribution < -0.4 is 10.5 Å². The van der Waals surface area contributed by atoms with Crippen LogP contribution in [0.4, 0.5) is 0 Å². The molecule has 108 valence electrons. The number of ether oxygens (including phenoxy) is 2. The second-order valence-corrected chi connectivity index (χ2v) is 4.71. The smallest absolute Gasteiger partial charge is 0.124 e. The number of para-hydroxylation sites is 1. The van der Waals surface area contributed by atoms with Crippen molar-refractivity contribution < 1.29 is 9.47 Å². The average Bonchev–Trinajstić information content (AvgIpc) is 2.43. The molecular weight excluding hydrogens is 238 g/mol. The van der Waals surface area contributed by atoms with Gasteiger partial charge in [0.1, 0.15) is 5.75 Å². The van der Waals surface area contributed by atoms with Crippen LogP contribution in [0.3, 0.4) is 0 Å². The van der Waals surface area contributed by atoms with E-state index in [0.717, 1.165) is 24.3 Å². The van der Waals surface area contributed by atoms with Crippen LogP contribution in [0.5, 0.6) is 5.75 Å². The molecule has 0 spiro atoms. The molecule has 3 heteroatoms. The van der Waals surface area contributed by atoms with E-state index < -0.39 is 0 Å². The van der Waals surface area contributed by atoms with Gasteiger partial charge in [0.2, 0.25) is 0 Å². The Labute approximate surface area is 117 Å². The molecule has 1 aromatic carbocycles. The lowest BCUT2D eigenvalue weighted by molar-refractivity contribution is 0.116. The summed E-state index contributed by atoms with van der Waals surface area (Å²) >= 11 is 0. The van der Waals surface area contributed by atoms with Crippen molar-refractivity contribution in [3.8, 4) is 5.75 Å². The zero-order valence-corrected chi connectivity index (χ0v) is 12.2. The number of unbranched alkanes of at least 4 members (excludes halogenated alkanes) is 3. The summed E-state index contributed by atoms with van der Waals surface area (Å²) in [4.78, 5) is 0. The quantitative estimate of drug-likeness (QED) is 0.656. The lowest BCUT2D eigenvalue weighted by Gasteiger charge is -2.16. The Morgan fingerprint density at radius 1 is 1.11 bits per heavy atom. The highest BCUT2D eigenvalue weighted by Crippen LogP contribution is 2.23. The number of hydrogen-bond acceptors (Lipinski definition) is 3. The summed E-state index contributed by atoms with van der Waals surface area (Å²) in [6, 6.07) is 7.80. The predicted molar refractivity (Wildman–Crippen MR) is 79.5 cm³/mol. The van der Waals surface area contributed by atoms with Crippen molar-refractivity contribution in [2.24, 2.45) is 5.73 Å². The molecule has 0 aliphatic carbocycles. The molecule has 0 amide bonds. The molecule has 0 aliphatic heterocycles. The van der Waals surface area contributed by atoms with E-state index in [1.807, 2.05) is 31.2 Å². The molecule has 3 nitrogen and oxygen atoms in total. The molecule has 2 N–H and O–H groups in total. The zero-order chi connectivity index (χ0) is 13.9. The second-order valence-electron chi connectivity index (χ2n) is 4.71. The Morgan fingerprint density at radius 3 is 2.63 bits per heavy atom. The van der Waals surface area contributed by atoms with Crippen LogP contribution in [-0.2, 0) is 4.74 Å². The van der Waals surface area contributed by atoms with E-state index in [2.05, 4.69) is 6.92 Å². The Bertz CT molecular complexity index is 341. The summed E-state index contributed by atoms with van der Waals surface area (Å²) in [5.41, 5.74) is 7.19. The van der Waals surface area contributed by atoms with Gasteiger partial charge in [0.25, 0.3) is 0 Å². The first kappa shape index (κ1) is 16.0. The number of hydrogen-bond donors (Lipinski definition) is 1. The largest absolute Gasteiger partial charge is 0.494 e. The van der Waals surface area contributed by atoms with E-state index >= 15 is 0 Å². The molecule has 0 saturated heterocycles. The molecule has 0 aromatic heterocycles. The van der Waals surface area contributed by atoms with Crippen molar-refractivity contribution in [2.75, 3.05) is 19.8 Å². The zero-order valence-electron chi connectivity index (χ0n) is 12.2. The Hall–Kier alpha value is -1.06. The lowest BCUT2D eigenvalue weighted by Crippen LogP contribution is -2.18. The molecule has 0 fully saturated rings. The van der Waals surface area contributed by atoms with E-state index in [4.69, 9.17) is 15.2 Å². The van der Waals surface area contributed by atoms with Gasteiger partial charge in [-0.3, -0.25) is 0 Å². The van der Waals surface area contributed by atoms with Crippen LogP contribution >= 0.6 is 0 Å². The van der Waals surface area contributed by atoms with Crippen LogP contribution in [0.25, 0.3) is 0 Å². The van der Waals surface area contributed by atoms with Crippen LogP contribution in [-0.4, -0.2) is 19.8 Å². The van der Waals surface area contributed by atoms with Crippen LogP contribution in [0, 0.1) is 0 Å². The molecule has 1 aromatic rings. The first-order valence-electron chi connectivity index (χ1n) is 7.34. The molecule has 0 radical (unpaired) electrons. The molecule has 19 heavy (non-hydrogen) atoms. The van der Waals surface area contributed by atoms with Gasteiger partial charge in [0.15, 0.2) is 0 Å². The fraction of sp³-hybridized carbons (Fsp3) is 0.625. The third kappa shape index (κ3) is 6.08. The minimum absolute atomic E-state index is 0.117. The summed E-state index contributed by atoms with van der Waals surface area (Å²) < 4.78 is 11.2. The normalized spacial score (nSPS) is 12.4. The first-order valence-corrected chi connectivity index (χ1v) is 7.34. The van der Waals surface area contributed by atoms with E-state index in [9.17, 15) is 0 Å². The highest BCUT2D eigenvalue weighted by molar-refractivity contribution is 5.35. The maximum absolute atomic E-state index is 6.16. The number of rotatable bonds is 10. The summed E-state index contributed by atoms with van der Waals surface area (Å²) in [6.07, 6.45) is 4.89. The fourth-order valence-corrected chi connectivity index (χ4v) is 2.00. The maximum atomic E-state index is 6.16. The average molecular weight is 265 g/mol. The van der Waals surface area contributed by atoms with Crippen molar-refractivity contribution in [3.63, 3.8) is 0 Å². The van der Waals surface area contributed by atoms with Crippen molar-refractivity contribution in [3.05, 3.63) is 29.8 Å². The van der Waals surface area contributed by atoms with Gasteiger partial charge in [-0.15, -0.1) is 0 Å². The fourth-order valence-electron chi connectivity index (χ4n) is 2.00. The third-order valence-corrected chi connectivity index (χ3v) is 3.06. The van der Waals surface area contributed by atoms with Gasteiger partial charge in [0.05, 0.1) is 19.3 Å². The second kappa shape index (κ2) is 9.82. The molecular formula is C16H27NO2. The van der Waals surface area contributed by atoms with Gasteiger partial charge < -0.3 is 15.2 Å². The predicted octanol–water partition coefficient (Wildman–Crippen LogP) is 3.68. The highest BCUT2D eigenvalue weighted by Gasteiger charge is 2.11. The molecule has 1 atom stereocenters. The number of nitrogens with two attached hydrogens (primary N) is 1. The van der Waals surface area contributed by atoms with Crippen molar-refractivity contribution in [1.29, 1.82) is 0 Å². The molecule has 1 rings (SSSR count). The Kier molecular flexibility index (Phi) is 8.26. The summed E-state index contributed by atoms with van der Waals surface area (Å²) in [5, 5.41) is 0. The minimum Gasteiger partial charge on any atom is -0.494 e. The molecule has 1 unspecified atom stereocenters. The minimum atomic E-state index is -0.117. The van der Waals surface area contributed by atoms with Gasteiger partial charge in [-0.05, 0) is 19.4 Å². The first-order chi connectivity index (χ1) is 9.29. The van der Waals surface area contributed by atoms with Crippen LogP contribution in [0.1, 0.15) is 51.1 Å². The van der Waals surface area contributed by atoms with E-state index in [1.165, 1.54) is 19.3 Å². The van der Waals surface area contributed by atoms with Gasteiger partial charge in [-0.1, -0.05) is 44.4 Å². The molecule has 0 saturated carbocycles. The van der Waals surface area contributed by atoms with Crippen LogP contribution in [0.15, 0.2) is 24.3 Å². The summed E-state index contributed by atoms with van der Waals surface area (Å²) in [6.45, 7) is 6.19. The van der Waals surface area contributed by atoms with Gasteiger partial charge in [-0.2, -0.15) is 0 Å². The molecule has 0 bridgehead atoms. The SMILES string of the molecule is CCCCCCOCC(N)c1ccccc1OCC. The van der Waals surface area contributed by atoms with Gasteiger partial charge in [0, 0.05) is 12.2 Å². The highest BCUT2D eigenvalue weighted by atomic mass is 16.5. The van der Waals surface area contributed by atoms with Crippen LogP contribution in [0.2, 0.25) is 0 Å². The summed E-state index contributed by atoms with van der Waals surface area (Å²) in [7, 11) is 0. The standard InChI is InChI=1S/C16H27NO2/c1-3-5-6-9-12-18-13-15(17)14-10-7-8-11-16(14)19-4-2/h7-8,10-11,15H,3-6,9,12-13,17H2,1-2H3. The lowest BCUT2D eigenvalue weighted by atomic mass is 10.1. The van der Waals surface area contributed by atoms with Gasteiger partial charge >= 0.3 is 0 Å². The van der Waals surface area contributed by atoms with Crippen molar-refractivity contribution in [1.82, 2.24) is 0 Å². The number of benzene rings is 1. The Balaban J connectivity index is 2.34. The van der Waals surface area contributed by atoms with E-state index in [0.29, 0.717) is 13.2 Å². The van der Waals surface area contributed by atoms with Crippen molar-refractivity contribution in [2.45, 2.75) is 45.6 Å². The monoisotopic (exact) mass is 265 g/mol. The molecule has 0 aliphatic rings. The summed E-state index contributed by atoms with van der Waals surface area (Å²) in [5.74, 6) is 0.868. The van der Waals surface area contributed by atoms with E-state index in [1.54, 1.807) is 0 Å². The maximum Gasteiger partial charge on any atom is 0.124 e. The van der Waals surface area contributed by atoms with Crippen molar-refractivity contribution >= 4 is 0 Å².